The van der Waals surface area contributed by atoms with Crippen LogP contribution in [-0.2, 0) is 4.74 Å². The van der Waals surface area contributed by atoms with E-state index in [4.69, 9.17) is 4.74 Å². The maximum atomic E-state index is 5.96. The molecule has 0 amide bonds. The fourth-order valence-corrected chi connectivity index (χ4v) is 3.05. The number of rotatable bonds is 2. The van der Waals surface area contributed by atoms with E-state index in [1.54, 1.807) is 0 Å². The van der Waals surface area contributed by atoms with Crippen molar-refractivity contribution in [3.63, 3.8) is 0 Å². The Balaban J connectivity index is 1.85. The molecule has 0 spiro atoms. The zero-order chi connectivity index (χ0) is 11.8. The van der Waals surface area contributed by atoms with Crippen LogP contribution >= 0.6 is 0 Å². The van der Waals surface area contributed by atoms with Crippen LogP contribution in [0.2, 0.25) is 0 Å². The van der Waals surface area contributed by atoms with Crippen molar-refractivity contribution in [3.8, 4) is 0 Å². The molecule has 3 heteroatoms. The molecule has 94 valence electrons. The third-order valence-corrected chi connectivity index (χ3v) is 3.87. The van der Waals surface area contributed by atoms with Gasteiger partial charge >= 0.3 is 0 Å². The predicted molar refractivity (Wildman–Crippen MR) is 66.4 cm³/mol. The van der Waals surface area contributed by atoms with E-state index in [1.165, 1.54) is 25.9 Å². The minimum atomic E-state index is -0.0932. The lowest BCUT2D eigenvalue weighted by molar-refractivity contribution is -0.0200. The first-order valence-corrected chi connectivity index (χ1v) is 6.50. The molecule has 0 aromatic heterocycles. The van der Waals surface area contributed by atoms with Gasteiger partial charge in [0, 0.05) is 5.54 Å². The van der Waals surface area contributed by atoms with E-state index in [2.05, 4.69) is 38.0 Å². The Morgan fingerprint density at radius 3 is 2.38 bits per heavy atom. The minimum absolute atomic E-state index is 0.0932. The summed E-state index contributed by atoms with van der Waals surface area (Å²) in [5.41, 5.74) is 0.0459. The number of piperidine rings is 1. The molecule has 3 nitrogen and oxygen atoms in total. The Morgan fingerprint density at radius 2 is 1.88 bits per heavy atom. The van der Waals surface area contributed by atoms with Crippen LogP contribution in [0.4, 0.5) is 0 Å². The van der Waals surface area contributed by atoms with E-state index in [0.29, 0.717) is 0 Å². The molecule has 2 aliphatic rings. The van der Waals surface area contributed by atoms with Gasteiger partial charge in [0.2, 0.25) is 0 Å². The molecule has 2 fully saturated rings. The fourth-order valence-electron chi connectivity index (χ4n) is 3.05. The molecule has 0 saturated carbocycles. The highest BCUT2D eigenvalue weighted by molar-refractivity contribution is 4.93. The molecule has 0 radical (unpaired) electrons. The smallest absolute Gasteiger partial charge is 0.117 e. The molecule has 0 aliphatic carbocycles. The van der Waals surface area contributed by atoms with E-state index in [0.717, 1.165) is 18.9 Å². The molecule has 2 saturated heterocycles. The third-order valence-electron chi connectivity index (χ3n) is 3.87. The van der Waals surface area contributed by atoms with Gasteiger partial charge in [-0.2, -0.15) is 0 Å². The highest BCUT2D eigenvalue weighted by Crippen LogP contribution is 2.32. The Labute approximate surface area is 99.5 Å². The van der Waals surface area contributed by atoms with Gasteiger partial charge in [0.1, 0.15) is 5.72 Å². The van der Waals surface area contributed by atoms with Gasteiger partial charge in [0.05, 0.1) is 6.61 Å². The summed E-state index contributed by atoms with van der Waals surface area (Å²) in [6, 6.07) is 0. The molecule has 2 aliphatic heterocycles. The number of ether oxygens (including phenoxy) is 1. The second kappa shape index (κ2) is 4.28. The fraction of sp³-hybridized carbons (Fsp3) is 1.00. The Bertz CT molecular complexity index is 246. The summed E-state index contributed by atoms with van der Waals surface area (Å²) in [7, 11) is 2.21. The van der Waals surface area contributed by atoms with Gasteiger partial charge in [-0.25, -0.2) is 0 Å². The summed E-state index contributed by atoms with van der Waals surface area (Å²) in [4.78, 5) is 2.42. The molecule has 1 N–H and O–H groups in total. The highest BCUT2D eigenvalue weighted by Gasteiger charge is 2.41. The molecular formula is C13H26N2O. The molecule has 1 atom stereocenters. The van der Waals surface area contributed by atoms with Crippen molar-refractivity contribution in [2.24, 2.45) is 5.92 Å². The molecule has 1 unspecified atom stereocenters. The van der Waals surface area contributed by atoms with Gasteiger partial charge in [0.15, 0.2) is 0 Å². The predicted octanol–water partition coefficient (Wildman–Crippen LogP) is 1.83. The topological polar surface area (TPSA) is 24.5 Å². The summed E-state index contributed by atoms with van der Waals surface area (Å²) in [5, 5.41) is 3.63. The number of likely N-dealkylation sites (tertiary alicyclic amines) is 1. The van der Waals surface area contributed by atoms with Gasteiger partial charge in [-0.05, 0) is 66.1 Å². The van der Waals surface area contributed by atoms with Crippen molar-refractivity contribution in [2.45, 2.75) is 51.3 Å². The monoisotopic (exact) mass is 226 g/mol. The van der Waals surface area contributed by atoms with Gasteiger partial charge in [-0.1, -0.05) is 0 Å². The molecule has 0 aromatic carbocycles. The van der Waals surface area contributed by atoms with Crippen molar-refractivity contribution in [1.29, 1.82) is 0 Å². The SMILES string of the molecule is CN1CCC(CC2(C)NC(C)(C)CO2)CC1. The van der Waals surface area contributed by atoms with E-state index >= 15 is 0 Å². The first-order chi connectivity index (χ1) is 7.39. The third kappa shape index (κ3) is 2.96. The van der Waals surface area contributed by atoms with Crippen LogP contribution in [0, 0.1) is 5.92 Å². The highest BCUT2D eigenvalue weighted by atomic mass is 16.5. The van der Waals surface area contributed by atoms with Gasteiger partial charge < -0.3 is 9.64 Å². The van der Waals surface area contributed by atoms with Gasteiger partial charge in [-0.15, -0.1) is 0 Å². The molecule has 2 heterocycles. The Hall–Kier alpha value is -0.120. The van der Waals surface area contributed by atoms with Crippen molar-refractivity contribution < 1.29 is 4.74 Å². The van der Waals surface area contributed by atoms with E-state index in [-0.39, 0.29) is 11.3 Å². The second-order valence-corrected chi connectivity index (χ2v) is 6.48. The standard InChI is InChI=1S/C13H26N2O/c1-12(2)10-16-13(3,14-12)9-11-5-7-15(4)8-6-11/h11,14H,5-10H2,1-4H3. The zero-order valence-corrected chi connectivity index (χ0v) is 11.2. The largest absolute Gasteiger partial charge is 0.359 e. The number of nitrogens with zero attached hydrogens (tertiary/aromatic N) is 1. The lowest BCUT2D eigenvalue weighted by atomic mass is 9.89. The van der Waals surface area contributed by atoms with Crippen LogP contribution in [0.1, 0.15) is 40.0 Å². The van der Waals surface area contributed by atoms with Crippen LogP contribution in [0.3, 0.4) is 0 Å². The maximum Gasteiger partial charge on any atom is 0.117 e. The lowest BCUT2D eigenvalue weighted by Gasteiger charge is -2.35. The average molecular weight is 226 g/mol. The molecule has 0 aromatic rings. The second-order valence-electron chi connectivity index (χ2n) is 6.48. The van der Waals surface area contributed by atoms with E-state index in [9.17, 15) is 0 Å². The summed E-state index contributed by atoms with van der Waals surface area (Å²) in [6.45, 7) is 9.95. The van der Waals surface area contributed by atoms with Crippen LogP contribution in [-0.4, -0.2) is 42.9 Å². The lowest BCUT2D eigenvalue weighted by Crippen LogP contribution is -2.48. The van der Waals surface area contributed by atoms with Crippen LogP contribution in [0.25, 0.3) is 0 Å². The summed E-state index contributed by atoms with van der Waals surface area (Å²) in [6.07, 6.45) is 3.79. The Morgan fingerprint density at radius 1 is 1.25 bits per heavy atom. The van der Waals surface area contributed by atoms with E-state index in [1.807, 2.05) is 0 Å². The first-order valence-electron chi connectivity index (χ1n) is 6.50. The van der Waals surface area contributed by atoms with Crippen LogP contribution < -0.4 is 5.32 Å². The number of hydrogen-bond donors (Lipinski definition) is 1. The minimum Gasteiger partial charge on any atom is -0.359 e. The molecule has 2 rings (SSSR count). The van der Waals surface area contributed by atoms with Gasteiger partial charge in [-0.3, -0.25) is 5.32 Å². The summed E-state index contributed by atoms with van der Waals surface area (Å²) >= 11 is 0. The average Bonchev–Trinajstić information content (AvgIpc) is 2.45. The molecule has 0 bridgehead atoms. The van der Waals surface area contributed by atoms with Crippen molar-refractivity contribution in [3.05, 3.63) is 0 Å². The first kappa shape index (κ1) is 12.3. The summed E-state index contributed by atoms with van der Waals surface area (Å²) in [5.74, 6) is 0.822. The zero-order valence-electron chi connectivity index (χ0n) is 11.2. The Kier molecular flexibility index (Phi) is 3.30. The quantitative estimate of drug-likeness (QED) is 0.777. The number of nitrogens with one attached hydrogen (secondary N) is 1. The van der Waals surface area contributed by atoms with Crippen LogP contribution in [0.15, 0.2) is 0 Å². The normalized spacial score (nSPS) is 36.8. The van der Waals surface area contributed by atoms with E-state index < -0.39 is 0 Å². The van der Waals surface area contributed by atoms with Crippen molar-refractivity contribution >= 4 is 0 Å². The van der Waals surface area contributed by atoms with Gasteiger partial charge in [0.25, 0.3) is 0 Å². The van der Waals surface area contributed by atoms with Crippen LogP contribution in [0.5, 0.6) is 0 Å². The molecular weight excluding hydrogens is 200 g/mol. The maximum absolute atomic E-state index is 5.96. The van der Waals surface area contributed by atoms with Crippen molar-refractivity contribution in [1.82, 2.24) is 10.2 Å². The molecule has 16 heavy (non-hydrogen) atoms. The van der Waals surface area contributed by atoms with Crippen molar-refractivity contribution in [2.75, 3.05) is 26.7 Å². The summed E-state index contributed by atoms with van der Waals surface area (Å²) < 4.78 is 5.96. The number of hydrogen-bond acceptors (Lipinski definition) is 3.